The van der Waals surface area contributed by atoms with Crippen molar-refractivity contribution in [3.8, 4) is 0 Å². The Morgan fingerprint density at radius 1 is 0.846 bits per heavy atom. The van der Waals surface area contributed by atoms with E-state index >= 15 is 0 Å². The molecule has 0 nitrogen and oxygen atoms in total. The van der Waals surface area contributed by atoms with Crippen LogP contribution in [0.4, 0.5) is 17.6 Å². The predicted octanol–water partition coefficient (Wildman–Crippen LogP) is 7.26. The van der Waals surface area contributed by atoms with E-state index in [1.165, 1.54) is 0 Å². The van der Waals surface area contributed by atoms with Crippen LogP contribution >= 0.6 is 0 Å². The number of halogens is 4. The molecule has 0 aromatic heterocycles. The van der Waals surface area contributed by atoms with Gasteiger partial charge in [0.1, 0.15) is 24.7 Å². The fourth-order valence-corrected chi connectivity index (χ4v) is 5.40. The number of rotatable bonds is 7. The first kappa shape index (κ1) is 22.0. The molecule has 0 N–H and O–H groups in total. The van der Waals surface area contributed by atoms with Crippen LogP contribution in [0, 0.1) is 35.5 Å². The minimum absolute atomic E-state index is 0.162. The van der Waals surface area contributed by atoms with Gasteiger partial charge in [0.2, 0.25) is 0 Å². The van der Waals surface area contributed by atoms with Gasteiger partial charge >= 0.3 is 0 Å². The van der Waals surface area contributed by atoms with Crippen LogP contribution in [0.5, 0.6) is 0 Å². The summed E-state index contributed by atoms with van der Waals surface area (Å²) in [4.78, 5) is 0. The smallest absolute Gasteiger partial charge is 0.134 e. The molecule has 0 bridgehead atoms. The van der Waals surface area contributed by atoms with E-state index in [-0.39, 0.29) is 35.5 Å². The Morgan fingerprint density at radius 2 is 1.46 bits per heavy atom. The third kappa shape index (κ3) is 4.95. The minimum Gasteiger partial charge on any atom is -0.244 e. The zero-order chi connectivity index (χ0) is 19.4. The molecular weight excluding hydrogens is 340 g/mol. The van der Waals surface area contributed by atoms with E-state index in [1.807, 2.05) is 13.8 Å². The first-order valence-corrected chi connectivity index (χ1v) is 10.8. The number of hydrogen-bond acceptors (Lipinski definition) is 0. The second kappa shape index (κ2) is 9.78. The van der Waals surface area contributed by atoms with E-state index in [9.17, 15) is 17.6 Å². The predicted molar refractivity (Wildman–Crippen MR) is 100 cm³/mol. The molecule has 0 aromatic carbocycles. The molecule has 2 aliphatic rings. The second-order valence-corrected chi connectivity index (χ2v) is 9.30. The van der Waals surface area contributed by atoms with Crippen molar-refractivity contribution >= 4 is 0 Å². The highest BCUT2D eigenvalue weighted by molar-refractivity contribution is 4.92. The molecule has 0 aliphatic heterocycles. The van der Waals surface area contributed by atoms with E-state index < -0.39 is 24.7 Å². The van der Waals surface area contributed by atoms with E-state index in [4.69, 9.17) is 0 Å². The van der Waals surface area contributed by atoms with Gasteiger partial charge in [-0.15, -0.1) is 0 Å². The van der Waals surface area contributed by atoms with Crippen LogP contribution in [0.2, 0.25) is 0 Å². The Morgan fingerprint density at radius 3 is 2.04 bits per heavy atom. The topological polar surface area (TPSA) is 0 Å². The molecule has 0 radical (unpaired) electrons. The lowest BCUT2D eigenvalue weighted by molar-refractivity contribution is -0.0148. The zero-order valence-corrected chi connectivity index (χ0v) is 16.9. The van der Waals surface area contributed by atoms with E-state index in [1.54, 1.807) is 13.8 Å². The maximum Gasteiger partial charge on any atom is 0.134 e. The van der Waals surface area contributed by atoms with Crippen molar-refractivity contribution < 1.29 is 17.6 Å². The van der Waals surface area contributed by atoms with Crippen molar-refractivity contribution in [2.45, 2.75) is 104 Å². The van der Waals surface area contributed by atoms with Gasteiger partial charge < -0.3 is 0 Å². The molecule has 8 unspecified atom stereocenters. The van der Waals surface area contributed by atoms with Crippen LogP contribution in [0.1, 0.15) is 79.1 Å². The van der Waals surface area contributed by atoms with Gasteiger partial charge in [-0.05, 0) is 80.5 Å². The van der Waals surface area contributed by atoms with Gasteiger partial charge in [0.05, 0.1) is 0 Å². The summed E-state index contributed by atoms with van der Waals surface area (Å²) in [5, 5.41) is 0. The Bertz CT molecular complexity index is 407. The van der Waals surface area contributed by atoms with Crippen LogP contribution < -0.4 is 0 Å². The summed E-state index contributed by atoms with van der Waals surface area (Å²) in [6, 6.07) is 0. The molecular formula is C22H38F4. The summed E-state index contributed by atoms with van der Waals surface area (Å²) < 4.78 is 57.6. The van der Waals surface area contributed by atoms with Crippen LogP contribution in [0.25, 0.3) is 0 Å². The van der Waals surface area contributed by atoms with Crippen molar-refractivity contribution in [2.75, 3.05) is 0 Å². The third-order valence-corrected chi connectivity index (χ3v) is 7.47. The van der Waals surface area contributed by atoms with Gasteiger partial charge in [-0.25, -0.2) is 17.6 Å². The van der Waals surface area contributed by atoms with Crippen molar-refractivity contribution in [2.24, 2.45) is 35.5 Å². The molecule has 0 aromatic rings. The summed E-state index contributed by atoms with van der Waals surface area (Å²) >= 11 is 0. The van der Waals surface area contributed by atoms with Crippen LogP contribution in [0.15, 0.2) is 0 Å². The molecule has 2 saturated carbocycles. The van der Waals surface area contributed by atoms with Crippen LogP contribution in [0.3, 0.4) is 0 Å². The monoisotopic (exact) mass is 378 g/mol. The average molecular weight is 379 g/mol. The first-order valence-electron chi connectivity index (χ1n) is 10.8. The highest BCUT2D eigenvalue weighted by atomic mass is 19.2. The van der Waals surface area contributed by atoms with Gasteiger partial charge in [0.25, 0.3) is 0 Å². The van der Waals surface area contributed by atoms with Crippen molar-refractivity contribution in [1.82, 2.24) is 0 Å². The molecule has 2 aliphatic carbocycles. The molecule has 0 heterocycles. The van der Waals surface area contributed by atoms with Crippen LogP contribution in [-0.4, -0.2) is 24.7 Å². The molecule has 0 amide bonds. The van der Waals surface area contributed by atoms with Gasteiger partial charge in [0, 0.05) is 0 Å². The number of alkyl halides is 4. The molecule has 154 valence electrons. The molecule has 4 heteroatoms. The Labute approximate surface area is 157 Å². The van der Waals surface area contributed by atoms with Crippen molar-refractivity contribution in [1.29, 1.82) is 0 Å². The van der Waals surface area contributed by atoms with Gasteiger partial charge in [-0.3, -0.25) is 0 Å². The number of hydrogen-bond donors (Lipinski definition) is 0. The molecule has 0 saturated heterocycles. The maximum absolute atomic E-state index is 14.7. The Hall–Kier alpha value is -0.280. The van der Waals surface area contributed by atoms with Crippen molar-refractivity contribution in [3.63, 3.8) is 0 Å². The summed E-state index contributed by atoms with van der Waals surface area (Å²) in [7, 11) is 0. The summed E-state index contributed by atoms with van der Waals surface area (Å²) in [6.07, 6.45) is 0.886. The SMILES string of the molecule is CCCC(C)C(F)C(F)C(C)C1CCC(C2CCC(C)C(F)C2F)CC1. The molecule has 0 spiro atoms. The van der Waals surface area contributed by atoms with E-state index in [2.05, 4.69) is 0 Å². The van der Waals surface area contributed by atoms with E-state index in [0.717, 1.165) is 44.9 Å². The molecule has 26 heavy (non-hydrogen) atoms. The molecule has 8 atom stereocenters. The lowest BCUT2D eigenvalue weighted by Crippen LogP contribution is -2.42. The Balaban J connectivity index is 1.85. The molecule has 2 rings (SSSR count). The Kier molecular flexibility index (Phi) is 8.28. The standard InChI is InChI=1S/C22H38F4/c1-5-6-13(2)19(23)21(25)15(4)16-8-10-17(11-9-16)18-12-7-14(3)20(24)22(18)26/h13-22H,5-12H2,1-4H3. The second-order valence-electron chi connectivity index (χ2n) is 9.30. The zero-order valence-electron chi connectivity index (χ0n) is 16.9. The summed E-state index contributed by atoms with van der Waals surface area (Å²) in [5.74, 6) is -0.542. The fraction of sp³-hybridized carbons (Fsp3) is 1.00. The normalized spacial score (nSPS) is 40.6. The van der Waals surface area contributed by atoms with Crippen LogP contribution in [-0.2, 0) is 0 Å². The van der Waals surface area contributed by atoms with Crippen molar-refractivity contribution in [3.05, 3.63) is 0 Å². The lowest BCUT2D eigenvalue weighted by Gasteiger charge is -2.42. The largest absolute Gasteiger partial charge is 0.244 e. The maximum atomic E-state index is 14.7. The quantitative estimate of drug-likeness (QED) is 0.409. The fourth-order valence-electron chi connectivity index (χ4n) is 5.40. The molecule has 2 fully saturated rings. The highest BCUT2D eigenvalue weighted by Crippen LogP contribution is 2.45. The summed E-state index contributed by atoms with van der Waals surface area (Å²) in [5.41, 5.74) is 0. The average Bonchev–Trinajstić information content (AvgIpc) is 2.65. The van der Waals surface area contributed by atoms with Gasteiger partial charge in [0.15, 0.2) is 0 Å². The van der Waals surface area contributed by atoms with Gasteiger partial charge in [-0.1, -0.05) is 34.1 Å². The van der Waals surface area contributed by atoms with E-state index in [0.29, 0.717) is 6.42 Å². The summed E-state index contributed by atoms with van der Waals surface area (Å²) in [6.45, 7) is 7.41. The third-order valence-electron chi connectivity index (χ3n) is 7.47. The van der Waals surface area contributed by atoms with Gasteiger partial charge in [-0.2, -0.15) is 0 Å². The minimum atomic E-state index is -1.42. The highest BCUT2D eigenvalue weighted by Gasteiger charge is 2.43. The lowest BCUT2D eigenvalue weighted by atomic mass is 9.66. The first-order chi connectivity index (χ1) is 12.3.